The molecule has 9 nitrogen and oxygen atoms in total. The van der Waals surface area contributed by atoms with E-state index in [1.807, 2.05) is 60.4 Å². The number of carbonyl (C=O) groups excluding carboxylic acids is 2. The van der Waals surface area contributed by atoms with Crippen LogP contribution in [0.1, 0.15) is 28.8 Å². The molecule has 1 aromatic carbocycles. The van der Waals surface area contributed by atoms with Crippen LogP contribution in [0.15, 0.2) is 53.1 Å². The molecule has 0 aliphatic rings. The Morgan fingerprint density at radius 3 is 2.56 bits per heavy atom. The lowest BCUT2D eigenvalue weighted by molar-refractivity contribution is -0.113. The van der Waals surface area contributed by atoms with E-state index in [9.17, 15) is 9.59 Å². The number of aryl methyl sites for hydroxylation is 1. The van der Waals surface area contributed by atoms with Gasteiger partial charge in [-0.1, -0.05) is 23.9 Å². The molecule has 0 radical (unpaired) electrons. The highest BCUT2D eigenvalue weighted by atomic mass is 32.2. The fourth-order valence-corrected chi connectivity index (χ4v) is 5.54. The fourth-order valence-electron chi connectivity index (χ4n) is 3.75. The zero-order chi connectivity index (χ0) is 25.7. The standard InChI is InChI=1S/C25H27N5O4S2/c1-5-30-20(13-17-7-6-12-29(17)2)27-28-25(30)36-15-21(31)26-23-22(24(32)34-4)19(14-35-23)16-8-10-18(33-3)11-9-16/h6-12,14H,5,13,15H2,1-4H3,(H,26,31). The first-order chi connectivity index (χ1) is 17.4. The summed E-state index contributed by atoms with van der Waals surface area (Å²) >= 11 is 2.59. The average molecular weight is 526 g/mol. The Hall–Kier alpha value is -3.57. The molecule has 1 amide bonds. The molecule has 4 aromatic rings. The van der Waals surface area contributed by atoms with Gasteiger partial charge in [0.2, 0.25) is 5.91 Å². The number of thiophene rings is 1. The molecule has 3 heterocycles. The third-order valence-corrected chi connectivity index (χ3v) is 7.53. The Morgan fingerprint density at radius 1 is 1.14 bits per heavy atom. The van der Waals surface area contributed by atoms with Crippen molar-refractivity contribution in [3.05, 3.63) is 65.1 Å². The third kappa shape index (κ3) is 5.47. The van der Waals surface area contributed by atoms with Gasteiger partial charge in [-0.3, -0.25) is 4.79 Å². The second-order valence-corrected chi connectivity index (χ2v) is 9.66. The second-order valence-electron chi connectivity index (χ2n) is 7.84. The Balaban J connectivity index is 1.47. The van der Waals surface area contributed by atoms with E-state index in [1.165, 1.54) is 30.2 Å². The number of ether oxygens (including phenoxy) is 2. The van der Waals surface area contributed by atoms with Crippen molar-refractivity contribution in [2.45, 2.75) is 25.0 Å². The summed E-state index contributed by atoms with van der Waals surface area (Å²) in [6.07, 6.45) is 2.65. The Morgan fingerprint density at radius 2 is 1.92 bits per heavy atom. The highest BCUT2D eigenvalue weighted by Crippen LogP contribution is 2.37. The van der Waals surface area contributed by atoms with E-state index in [0.29, 0.717) is 40.0 Å². The molecule has 0 saturated carbocycles. The predicted octanol–water partition coefficient (Wildman–Crippen LogP) is 4.48. The van der Waals surface area contributed by atoms with E-state index in [2.05, 4.69) is 26.1 Å². The van der Waals surface area contributed by atoms with Gasteiger partial charge >= 0.3 is 5.97 Å². The van der Waals surface area contributed by atoms with Crippen molar-refractivity contribution >= 4 is 40.0 Å². The van der Waals surface area contributed by atoms with E-state index in [-0.39, 0.29) is 11.7 Å². The maximum Gasteiger partial charge on any atom is 0.341 e. The third-order valence-electron chi connectivity index (χ3n) is 5.67. The van der Waals surface area contributed by atoms with E-state index in [0.717, 1.165) is 17.1 Å². The zero-order valence-electron chi connectivity index (χ0n) is 20.5. The van der Waals surface area contributed by atoms with Crippen molar-refractivity contribution in [1.82, 2.24) is 19.3 Å². The molecule has 0 unspecified atom stereocenters. The van der Waals surface area contributed by atoms with Gasteiger partial charge in [-0.2, -0.15) is 0 Å². The summed E-state index contributed by atoms with van der Waals surface area (Å²) < 4.78 is 14.3. The van der Waals surface area contributed by atoms with Gasteiger partial charge < -0.3 is 23.9 Å². The molecule has 0 saturated heterocycles. The molecule has 4 rings (SSSR count). The number of carbonyl (C=O) groups is 2. The maximum atomic E-state index is 12.8. The van der Waals surface area contributed by atoms with Crippen LogP contribution in [0.25, 0.3) is 11.1 Å². The molecule has 0 spiro atoms. The SMILES string of the molecule is CCn1c(Cc2cccn2C)nnc1SCC(=O)Nc1scc(-c2ccc(OC)cc2)c1C(=O)OC. The van der Waals surface area contributed by atoms with Gasteiger partial charge in [0.25, 0.3) is 0 Å². The van der Waals surface area contributed by atoms with Crippen molar-refractivity contribution in [1.29, 1.82) is 0 Å². The molecule has 188 valence electrons. The van der Waals surface area contributed by atoms with Crippen molar-refractivity contribution < 1.29 is 19.1 Å². The van der Waals surface area contributed by atoms with Gasteiger partial charge in [0.05, 0.1) is 20.0 Å². The molecule has 0 bridgehead atoms. The lowest BCUT2D eigenvalue weighted by Gasteiger charge is -2.09. The van der Waals surface area contributed by atoms with Crippen LogP contribution >= 0.6 is 23.1 Å². The van der Waals surface area contributed by atoms with Gasteiger partial charge in [-0.25, -0.2) is 4.79 Å². The van der Waals surface area contributed by atoms with Crippen LogP contribution in [0.2, 0.25) is 0 Å². The largest absolute Gasteiger partial charge is 0.497 e. The lowest BCUT2D eigenvalue weighted by atomic mass is 10.0. The first-order valence-electron chi connectivity index (χ1n) is 11.2. The Bertz CT molecular complexity index is 1360. The molecule has 0 fully saturated rings. The number of hydrogen-bond acceptors (Lipinski definition) is 8. The smallest absolute Gasteiger partial charge is 0.341 e. The number of hydrogen-bond donors (Lipinski definition) is 1. The number of nitrogens with one attached hydrogen (secondary N) is 1. The van der Waals surface area contributed by atoms with Crippen molar-refractivity contribution in [2.24, 2.45) is 7.05 Å². The van der Waals surface area contributed by atoms with E-state index >= 15 is 0 Å². The number of rotatable bonds is 10. The highest BCUT2D eigenvalue weighted by Gasteiger charge is 2.23. The molecule has 3 aromatic heterocycles. The monoisotopic (exact) mass is 525 g/mol. The first kappa shape index (κ1) is 25.5. The summed E-state index contributed by atoms with van der Waals surface area (Å²) in [5, 5.41) is 14.5. The van der Waals surface area contributed by atoms with Crippen molar-refractivity contribution in [3.8, 4) is 16.9 Å². The predicted molar refractivity (Wildman–Crippen MR) is 141 cm³/mol. The van der Waals surface area contributed by atoms with Crippen LogP contribution in [0, 0.1) is 0 Å². The van der Waals surface area contributed by atoms with Crippen LogP contribution in [0.3, 0.4) is 0 Å². The van der Waals surface area contributed by atoms with E-state index in [1.54, 1.807) is 7.11 Å². The van der Waals surface area contributed by atoms with Gasteiger partial charge in [0.1, 0.15) is 22.1 Å². The number of anilines is 1. The molecule has 11 heteroatoms. The Labute approximate surface area is 217 Å². The minimum absolute atomic E-state index is 0.124. The average Bonchev–Trinajstić information content (AvgIpc) is 3.61. The summed E-state index contributed by atoms with van der Waals surface area (Å²) in [6.45, 7) is 2.72. The quantitative estimate of drug-likeness (QED) is 0.241. The molecule has 1 N–H and O–H groups in total. The highest BCUT2D eigenvalue weighted by molar-refractivity contribution is 7.99. The van der Waals surface area contributed by atoms with Gasteiger partial charge in [-0.05, 0) is 36.8 Å². The maximum absolute atomic E-state index is 12.8. The van der Waals surface area contributed by atoms with Crippen molar-refractivity contribution in [3.63, 3.8) is 0 Å². The summed E-state index contributed by atoms with van der Waals surface area (Å²) in [5.41, 5.74) is 2.97. The summed E-state index contributed by atoms with van der Waals surface area (Å²) in [7, 11) is 4.91. The minimum atomic E-state index is -0.513. The van der Waals surface area contributed by atoms with Crippen LogP contribution in [-0.4, -0.2) is 51.2 Å². The van der Waals surface area contributed by atoms with Crippen LogP contribution in [-0.2, 0) is 29.5 Å². The molecule has 0 atom stereocenters. The number of amides is 1. The molecule has 0 aliphatic carbocycles. The van der Waals surface area contributed by atoms with Gasteiger partial charge in [0, 0.05) is 42.8 Å². The van der Waals surface area contributed by atoms with E-state index in [4.69, 9.17) is 9.47 Å². The summed E-state index contributed by atoms with van der Waals surface area (Å²) in [4.78, 5) is 25.4. The van der Waals surface area contributed by atoms with Crippen LogP contribution < -0.4 is 10.1 Å². The minimum Gasteiger partial charge on any atom is -0.497 e. The number of nitrogens with zero attached hydrogens (tertiary/aromatic N) is 4. The first-order valence-corrected chi connectivity index (χ1v) is 13.1. The second kappa shape index (κ2) is 11.4. The van der Waals surface area contributed by atoms with Crippen molar-refractivity contribution in [2.75, 3.05) is 25.3 Å². The molecule has 36 heavy (non-hydrogen) atoms. The summed E-state index contributed by atoms with van der Waals surface area (Å²) in [6, 6.07) is 11.4. The number of aromatic nitrogens is 4. The number of benzene rings is 1. The van der Waals surface area contributed by atoms with Crippen LogP contribution in [0.5, 0.6) is 5.75 Å². The van der Waals surface area contributed by atoms with Gasteiger partial charge in [0.15, 0.2) is 5.16 Å². The molecular weight excluding hydrogens is 498 g/mol. The zero-order valence-corrected chi connectivity index (χ0v) is 22.1. The van der Waals surface area contributed by atoms with Crippen LogP contribution in [0.4, 0.5) is 5.00 Å². The Kier molecular flexibility index (Phi) is 8.11. The van der Waals surface area contributed by atoms with E-state index < -0.39 is 5.97 Å². The number of methoxy groups -OCH3 is 2. The fraction of sp³-hybridized carbons (Fsp3) is 0.280. The molecule has 0 aliphatic heterocycles. The summed E-state index contributed by atoms with van der Waals surface area (Å²) in [5.74, 6) is 0.922. The van der Waals surface area contributed by atoms with Gasteiger partial charge in [-0.15, -0.1) is 21.5 Å². The number of esters is 1. The topological polar surface area (TPSA) is 100 Å². The molecular formula is C25H27N5O4S2. The lowest BCUT2D eigenvalue weighted by Crippen LogP contribution is -2.16. The normalized spacial score (nSPS) is 10.9. The number of thioether (sulfide) groups is 1.